The first kappa shape index (κ1) is 34.4. The van der Waals surface area contributed by atoms with E-state index in [2.05, 4.69) is 72.9 Å². The molecule has 4 fully saturated rings. The first-order valence-electron chi connectivity index (χ1n) is 21.3. The van der Waals surface area contributed by atoms with Crippen LogP contribution >= 0.6 is 0 Å². The van der Waals surface area contributed by atoms with E-state index < -0.39 is 0 Å². The Morgan fingerprint density at radius 2 is 0.667 bits per heavy atom. The Labute approximate surface area is 295 Å². The summed E-state index contributed by atoms with van der Waals surface area (Å²) in [5.74, 6) is 8.11. The van der Waals surface area contributed by atoms with Gasteiger partial charge in [0.15, 0.2) is 0 Å². The zero-order valence-electron chi connectivity index (χ0n) is 30.5. The summed E-state index contributed by atoms with van der Waals surface area (Å²) in [6.45, 7) is 0. The van der Waals surface area contributed by atoms with Crippen molar-refractivity contribution in [3.63, 3.8) is 0 Å². The quantitative estimate of drug-likeness (QED) is 0.246. The van der Waals surface area contributed by atoms with Gasteiger partial charge in [-0.15, -0.1) is 0 Å². The minimum absolute atomic E-state index is 0.928. The van der Waals surface area contributed by atoms with E-state index >= 15 is 0 Å². The van der Waals surface area contributed by atoms with Crippen LogP contribution in [0.5, 0.6) is 0 Å². The van der Waals surface area contributed by atoms with E-state index in [9.17, 15) is 0 Å². The highest BCUT2D eigenvalue weighted by molar-refractivity contribution is 5.54. The number of rotatable bonds is 0. The Morgan fingerprint density at radius 3 is 1.27 bits per heavy atom. The predicted octanol–water partition coefficient (Wildman–Crippen LogP) is 14.3. The molecular formula is C48H68. The van der Waals surface area contributed by atoms with Gasteiger partial charge in [-0.25, -0.2) is 0 Å². The Bertz CT molecular complexity index is 1290. The molecule has 4 saturated carbocycles. The third-order valence-electron chi connectivity index (χ3n) is 14.8. The summed E-state index contributed by atoms with van der Waals surface area (Å²) in [6.07, 6.45) is 63.4. The molecule has 0 saturated heterocycles. The molecule has 0 spiro atoms. The van der Waals surface area contributed by atoms with Gasteiger partial charge in [-0.1, -0.05) is 150 Å². The average molecular weight is 645 g/mol. The van der Waals surface area contributed by atoms with E-state index in [-0.39, 0.29) is 0 Å². The maximum atomic E-state index is 2.49. The van der Waals surface area contributed by atoms with E-state index in [0.717, 1.165) is 47.3 Å². The van der Waals surface area contributed by atoms with Crippen LogP contribution in [0.3, 0.4) is 0 Å². The van der Waals surface area contributed by atoms with Gasteiger partial charge >= 0.3 is 0 Å². The van der Waals surface area contributed by atoms with Crippen molar-refractivity contribution < 1.29 is 0 Å². The molecule has 0 heteroatoms. The molecule has 7 aliphatic rings. The molecule has 0 nitrogen and oxygen atoms in total. The van der Waals surface area contributed by atoms with Crippen LogP contribution in [0.15, 0.2) is 95.2 Å². The van der Waals surface area contributed by atoms with Gasteiger partial charge in [0.1, 0.15) is 0 Å². The van der Waals surface area contributed by atoms with Crippen molar-refractivity contribution in [2.45, 2.75) is 154 Å². The molecule has 0 amide bonds. The summed E-state index contributed by atoms with van der Waals surface area (Å²) in [5, 5.41) is 0. The molecule has 0 N–H and O–H groups in total. The molecule has 0 bridgehead atoms. The van der Waals surface area contributed by atoms with Crippen molar-refractivity contribution in [3.8, 4) is 0 Å². The molecule has 7 rings (SSSR count). The van der Waals surface area contributed by atoms with Gasteiger partial charge in [0.2, 0.25) is 0 Å². The van der Waals surface area contributed by atoms with Crippen LogP contribution in [-0.4, -0.2) is 0 Å². The monoisotopic (exact) mass is 645 g/mol. The second kappa shape index (κ2) is 17.7. The van der Waals surface area contributed by atoms with Gasteiger partial charge in [0.05, 0.1) is 0 Å². The lowest BCUT2D eigenvalue weighted by Gasteiger charge is -2.37. The molecule has 0 aromatic carbocycles. The molecule has 8 unspecified atom stereocenters. The second-order valence-electron chi connectivity index (χ2n) is 17.4. The Kier molecular flexibility index (Phi) is 12.7. The number of hydrogen-bond acceptors (Lipinski definition) is 0. The fourth-order valence-electron chi connectivity index (χ4n) is 11.9. The fraction of sp³-hybridized carbons (Fsp3) is 0.667. The van der Waals surface area contributed by atoms with Crippen LogP contribution in [0.25, 0.3) is 0 Å². The van der Waals surface area contributed by atoms with Crippen molar-refractivity contribution in [1.29, 1.82) is 0 Å². The molecule has 0 heterocycles. The van der Waals surface area contributed by atoms with Crippen molar-refractivity contribution in [3.05, 3.63) is 95.2 Å². The summed E-state index contributed by atoms with van der Waals surface area (Å²) in [6, 6.07) is 0. The minimum Gasteiger partial charge on any atom is -0.0623 e. The Balaban J connectivity index is 1.00. The van der Waals surface area contributed by atoms with Gasteiger partial charge in [-0.3, -0.25) is 0 Å². The van der Waals surface area contributed by atoms with Crippen molar-refractivity contribution >= 4 is 0 Å². The van der Waals surface area contributed by atoms with E-state index in [4.69, 9.17) is 0 Å². The Hall–Kier alpha value is -2.08. The molecular weight excluding hydrogens is 577 g/mol. The van der Waals surface area contributed by atoms with E-state index in [1.807, 2.05) is 0 Å². The topological polar surface area (TPSA) is 0 Å². The third kappa shape index (κ3) is 9.17. The molecule has 0 aliphatic heterocycles. The highest BCUT2D eigenvalue weighted by Crippen LogP contribution is 2.47. The minimum atomic E-state index is 0.928. The van der Waals surface area contributed by atoms with E-state index in [1.54, 1.807) is 81.8 Å². The summed E-state index contributed by atoms with van der Waals surface area (Å²) in [5.41, 5.74) is 5.82. The molecule has 7 aliphatic carbocycles. The van der Waals surface area contributed by atoms with Crippen LogP contribution in [0.2, 0.25) is 0 Å². The number of fused-ring (bicyclic) bond motifs is 5. The van der Waals surface area contributed by atoms with Gasteiger partial charge in [0, 0.05) is 0 Å². The van der Waals surface area contributed by atoms with Gasteiger partial charge in [-0.05, 0) is 147 Å². The first-order valence-corrected chi connectivity index (χ1v) is 21.3. The predicted molar refractivity (Wildman–Crippen MR) is 208 cm³/mol. The number of allylic oxidation sites excluding steroid dienone is 16. The number of hydrogen-bond donors (Lipinski definition) is 0. The van der Waals surface area contributed by atoms with Gasteiger partial charge < -0.3 is 0 Å². The smallest absolute Gasteiger partial charge is 0.0184 e. The fourth-order valence-corrected chi connectivity index (χ4v) is 11.9. The van der Waals surface area contributed by atoms with Gasteiger partial charge in [0.25, 0.3) is 0 Å². The Morgan fingerprint density at radius 1 is 0.271 bits per heavy atom. The van der Waals surface area contributed by atoms with Crippen LogP contribution in [0.1, 0.15) is 154 Å². The third-order valence-corrected chi connectivity index (χ3v) is 14.8. The lowest BCUT2D eigenvalue weighted by Crippen LogP contribution is -2.25. The summed E-state index contributed by atoms with van der Waals surface area (Å²) >= 11 is 0. The van der Waals surface area contributed by atoms with Crippen LogP contribution in [0.4, 0.5) is 0 Å². The first-order chi connectivity index (χ1) is 23.8. The van der Waals surface area contributed by atoms with Crippen LogP contribution < -0.4 is 0 Å². The maximum absolute atomic E-state index is 2.49. The van der Waals surface area contributed by atoms with Gasteiger partial charge in [-0.2, -0.15) is 0 Å². The van der Waals surface area contributed by atoms with E-state index in [0.29, 0.717) is 0 Å². The largest absolute Gasteiger partial charge is 0.0623 e. The zero-order valence-corrected chi connectivity index (χ0v) is 30.5. The standard InChI is InChI=1S/C48H68/c1-2-6-13-37-17-10-19-41-23-24-42-21-12-22-44-27-31-45-29-25-40-16-9-5-4-8-14-38(40)18-11-20-43(45)28-32-47(44)34-36-48(42)35-33-46(41)30-26-39(37)15-7-3-1/h1-3,6-7,10,13,15,17,19,26,30,38,40,42-45,47-48H,4-5,8-9,11-12,14,16,18,20-25,27-29,31-36H2. The summed E-state index contributed by atoms with van der Waals surface area (Å²) in [7, 11) is 0. The van der Waals surface area contributed by atoms with Crippen molar-refractivity contribution in [1.82, 2.24) is 0 Å². The molecule has 0 aromatic rings. The molecule has 260 valence electrons. The molecule has 0 aromatic heterocycles. The molecule has 0 radical (unpaired) electrons. The van der Waals surface area contributed by atoms with Crippen molar-refractivity contribution in [2.75, 3.05) is 0 Å². The normalized spacial score (nSPS) is 37.0. The average Bonchev–Trinajstić information content (AvgIpc) is 3.30. The van der Waals surface area contributed by atoms with Crippen LogP contribution in [0, 0.1) is 47.3 Å². The maximum Gasteiger partial charge on any atom is -0.0184 e. The van der Waals surface area contributed by atoms with Crippen molar-refractivity contribution in [2.24, 2.45) is 47.3 Å². The lowest BCUT2D eigenvalue weighted by molar-refractivity contribution is 0.144. The summed E-state index contributed by atoms with van der Waals surface area (Å²) < 4.78 is 0. The highest BCUT2D eigenvalue weighted by atomic mass is 14.4. The van der Waals surface area contributed by atoms with Crippen LogP contribution in [-0.2, 0) is 0 Å². The molecule has 48 heavy (non-hydrogen) atoms. The molecule has 8 atom stereocenters. The SMILES string of the molecule is C1=CC=CC2=CC=CC3=C(C=CC2=CC=C1)CCC1CCC2CCC4CCCC5CCCCCCC5CCC4CCC2CCCC1CC3. The second-order valence-corrected chi connectivity index (χ2v) is 17.4. The summed E-state index contributed by atoms with van der Waals surface area (Å²) in [4.78, 5) is 0. The lowest BCUT2D eigenvalue weighted by atomic mass is 9.69. The van der Waals surface area contributed by atoms with E-state index in [1.165, 1.54) is 94.6 Å². The zero-order chi connectivity index (χ0) is 32.4. The highest BCUT2D eigenvalue weighted by Gasteiger charge is 2.35.